The minimum Gasteiger partial charge on any atom is -0.507 e. The Morgan fingerprint density at radius 1 is 1.63 bits per heavy atom. The van der Waals surface area contributed by atoms with Crippen LogP contribution in [0.2, 0.25) is 0 Å². The first kappa shape index (κ1) is 14.6. The fourth-order valence-corrected chi connectivity index (χ4v) is 1.26. The van der Waals surface area contributed by atoms with Gasteiger partial charge in [0, 0.05) is 24.2 Å². The molecule has 0 unspecified atom stereocenters. The molecule has 0 heterocycles. The maximum atomic E-state index is 10.6. The van der Waals surface area contributed by atoms with Crippen molar-refractivity contribution in [3.63, 3.8) is 0 Å². The van der Waals surface area contributed by atoms with E-state index in [1.165, 1.54) is 24.4 Å². The Morgan fingerprint density at radius 3 is 3.00 bits per heavy atom. The quantitative estimate of drug-likeness (QED) is 0.247. The summed E-state index contributed by atoms with van der Waals surface area (Å²) in [6.45, 7) is 4.00. The summed E-state index contributed by atoms with van der Waals surface area (Å²) < 4.78 is 0. The second kappa shape index (κ2) is 7.07. The number of phenols is 1. The number of hydrogen-bond donors (Lipinski definition) is 3. The number of rotatable bonds is 5. The molecule has 0 aliphatic rings. The van der Waals surface area contributed by atoms with Crippen LogP contribution in [-0.2, 0) is 0 Å². The molecule has 3 N–H and O–H groups in total. The molecule has 0 amide bonds. The lowest BCUT2D eigenvalue weighted by molar-refractivity contribution is -0.384. The minimum atomic E-state index is -0.555. The second-order valence-electron chi connectivity index (χ2n) is 3.37. The first-order valence-electron chi connectivity index (χ1n) is 5.20. The highest BCUT2D eigenvalue weighted by Crippen LogP contribution is 2.20. The molecular weight excluding hydrogens is 268 g/mol. The van der Waals surface area contributed by atoms with Crippen LogP contribution in [0.15, 0.2) is 36.0 Å². The van der Waals surface area contributed by atoms with Gasteiger partial charge in [0.2, 0.25) is 0 Å². The zero-order chi connectivity index (χ0) is 14.3. The number of thiocarbonyl (C=S) groups is 1. The number of non-ortho nitro benzene ring substituents is 1. The van der Waals surface area contributed by atoms with E-state index in [2.05, 4.69) is 22.4 Å². The van der Waals surface area contributed by atoms with Crippen LogP contribution in [0.3, 0.4) is 0 Å². The molecule has 0 bridgehead atoms. The van der Waals surface area contributed by atoms with Crippen molar-refractivity contribution in [2.75, 3.05) is 6.54 Å². The number of aromatic hydroxyl groups is 1. The van der Waals surface area contributed by atoms with E-state index in [9.17, 15) is 15.2 Å². The maximum Gasteiger partial charge on any atom is 0.270 e. The monoisotopic (exact) mass is 280 g/mol. The molecule has 0 saturated heterocycles. The number of nitro groups is 1. The highest BCUT2D eigenvalue weighted by atomic mass is 32.1. The third-order valence-corrected chi connectivity index (χ3v) is 2.23. The number of hydrogen-bond acceptors (Lipinski definition) is 5. The van der Waals surface area contributed by atoms with Gasteiger partial charge in [0.25, 0.3) is 5.69 Å². The molecule has 0 atom stereocenters. The molecule has 0 aliphatic carbocycles. The third-order valence-electron chi connectivity index (χ3n) is 2.00. The first-order chi connectivity index (χ1) is 9.04. The van der Waals surface area contributed by atoms with E-state index in [1.807, 2.05) is 0 Å². The Labute approximate surface area is 114 Å². The van der Waals surface area contributed by atoms with Gasteiger partial charge in [0.15, 0.2) is 5.11 Å². The normalized spacial score (nSPS) is 10.1. The van der Waals surface area contributed by atoms with Gasteiger partial charge in [-0.25, -0.2) is 0 Å². The summed E-state index contributed by atoms with van der Waals surface area (Å²) in [5.41, 5.74) is 2.59. The highest BCUT2D eigenvalue weighted by molar-refractivity contribution is 7.80. The lowest BCUT2D eigenvalue weighted by Gasteiger charge is -2.03. The van der Waals surface area contributed by atoms with Crippen LogP contribution in [0.5, 0.6) is 5.75 Å². The zero-order valence-corrected chi connectivity index (χ0v) is 10.7. The van der Waals surface area contributed by atoms with Gasteiger partial charge in [-0.2, -0.15) is 5.10 Å². The van der Waals surface area contributed by atoms with Crippen molar-refractivity contribution < 1.29 is 10.0 Å². The Hall–Kier alpha value is -2.48. The molecule has 1 aromatic carbocycles. The van der Waals surface area contributed by atoms with Crippen LogP contribution in [0.1, 0.15) is 5.56 Å². The number of hydrazone groups is 1. The van der Waals surface area contributed by atoms with Crippen molar-refractivity contribution in [2.24, 2.45) is 5.10 Å². The van der Waals surface area contributed by atoms with Gasteiger partial charge < -0.3 is 10.4 Å². The Bertz CT molecular complexity index is 531. The standard InChI is InChI=1S/C11H12N4O3S/c1-2-5-12-11(19)14-13-7-8-6-9(15(17)18)3-4-10(8)16/h2-4,6-7,16H,1,5H2,(H2,12,14,19)/b13-7-. The number of phenolic OH excluding ortho intramolecular Hbond substituents is 1. The van der Waals surface area contributed by atoms with E-state index in [0.717, 1.165) is 0 Å². The molecule has 0 aliphatic heterocycles. The molecular formula is C11H12N4O3S. The number of nitrogens with zero attached hydrogens (tertiary/aromatic N) is 2. The van der Waals surface area contributed by atoms with Gasteiger partial charge >= 0.3 is 0 Å². The lowest BCUT2D eigenvalue weighted by atomic mass is 10.2. The second-order valence-corrected chi connectivity index (χ2v) is 3.78. The van der Waals surface area contributed by atoms with Gasteiger partial charge in [0.1, 0.15) is 5.75 Å². The Morgan fingerprint density at radius 2 is 2.37 bits per heavy atom. The first-order valence-corrected chi connectivity index (χ1v) is 5.60. The number of nitro benzene ring substituents is 1. The Kier molecular flexibility index (Phi) is 5.42. The summed E-state index contributed by atoms with van der Waals surface area (Å²) >= 11 is 4.88. The fraction of sp³-hybridized carbons (Fsp3) is 0.0909. The summed E-state index contributed by atoms with van der Waals surface area (Å²) in [5.74, 6) is -0.110. The van der Waals surface area contributed by atoms with E-state index in [4.69, 9.17) is 12.2 Å². The molecule has 19 heavy (non-hydrogen) atoms. The smallest absolute Gasteiger partial charge is 0.270 e. The summed E-state index contributed by atoms with van der Waals surface area (Å²) in [6, 6.07) is 3.64. The van der Waals surface area contributed by atoms with Crippen LogP contribution in [-0.4, -0.2) is 27.9 Å². The van der Waals surface area contributed by atoms with Crippen LogP contribution in [0, 0.1) is 10.1 Å². The molecule has 8 heteroatoms. The maximum absolute atomic E-state index is 10.6. The SMILES string of the molecule is C=CCNC(=S)N/N=C\c1cc([N+](=O)[O-])ccc1O. The lowest BCUT2D eigenvalue weighted by Crippen LogP contribution is -2.31. The molecule has 0 radical (unpaired) electrons. The topological polar surface area (TPSA) is 99.8 Å². The van der Waals surface area contributed by atoms with Crippen LogP contribution in [0.4, 0.5) is 5.69 Å². The van der Waals surface area contributed by atoms with Crippen molar-refractivity contribution >= 4 is 29.2 Å². The average molecular weight is 280 g/mol. The molecule has 7 nitrogen and oxygen atoms in total. The van der Waals surface area contributed by atoms with E-state index in [-0.39, 0.29) is 22.1 Å². The van der Waals surface area contributed by atoms with Gasteiger partial charge in [-0.1, -0.05) is 6.08 Å². The van der Waals surface area contributed by atoms with Crippen LogP contribution in [0.25, 0.3) is 0 Å². The van der Waals surface area contributed by atoms with Gasteiger partial charge in [-0.3, -0.25) is 15.5 Å². The van der Waals surface area contributed by atoms with E-state index >= 15 is 0 Å². The molecule has 0 spiro atoms. The molecule has 100 valence electrons. The zero-order valence-electron chi connectivity index (χ0n) is 9.87. The predicted molar refractivity (Wildman–Crippen MR) is 76.3 cm³/mol. The molecule has 1 rings (SSSR count). The molecule has 0 fully saturated rings. The molecule has 1 aromatic rings. The summed E-state index contributed by atoms with van der Waals surface area (Å²) in [6.07, 6.45) is 2.87. The van der Waals surface area contributed by atoms with E-state index in [1.54, 1.807) is 6.08 Å². The summed E-state index contributed by atoms with van der Waals surface area (Å²) in [4.78, 5) is 10.0. The van der Waals surface area contributed by atoms with Crippen LogP contribution < -0.4 is 10.7 Å². The predicted octanol–water partition coefficient (Wildman–Crippen LogP) is 1.28. The van der Waals surface area contributed by atoms with Gasteiger partial charge in [0.05, 0.1) is 11.1 Å². The molecule has 0 aromatic heterocycles. The fourth-order valence-electron chi connectivity index (χ4n) is 1.12. The number of benzene rings is 1. The average Bonchev–Trinajstić information content (AvgIpc) is 2.38. The minimum absolute atomic E-state index is 0.110. The van der Waals surface area contributed by atoms with Gasteiger partial charge in [-0.05, 0) is 18.3 Å². The number of nitrogens with one attached hydrogen (secondary N) is 2. The highest BCUT2D eigenvalue weighted by Gasteiger charge is 2.08. The van der Waals surface area contributed by atoms with Crippen LogP contribution >= 0.6 is 12.2 Å². The van der Waals surface area contributed by atoms with Crippen molar-refractivity contribution in [3.8, 4) is 5.75 Å². The van der Waals surface area contributed by atoms with Crippen molar-refractivity contribution in [1.82, 2.24) is 10.7 Å². The summed E-state index contributed by atoms with van der Waals surface area (Å²) in [5, 5.41) is 26.9. The Balaban J connectivity index is 2.70. The molecule has 0 saturated carbocycles. The van der Waals surface area contributed by atoms with E-state index < -0.39 is 4.92 Å². The third kappa shape index (κ3) is 4.72. The summed E-state index contributed by atoms with van der Waals surface area (Å²) in [7, 11) is 0. The van der Waals surface area contributed by atoms with Crippen molar-refractivity contribution in [1.29, 1.82) is 0 Å². The van der Waals surface area contributed by atoms with Gasteiger partial charge in [-0.15, -0.1) is 6.58 Å². The van der Waals surface area contributed by atoms with E-state index in [0.29, 0.717) is 6.54 Å². The van der Waals surface area contributed by atoms with Crippen molar-refractivity contribution in [3.05, 3.63) is 46.5 Å². The largest absolute Gasteiger partial charge is 0.507 e. The van der Waals surface area contributed by atoms with Crippen molar-refractivity contribution in [2.45, 2.75) is 0 Å².